The Bertz CT molecular complexity index is 441. The summed E-state index contributed by atoms with van der Waals surface area (Å²) in [6, 6.07) is 7.36. The standard InChI is InChI=1S/C14H20ClN3O/c1-14(13(16)19,11-3-5-12(15)6-4-11)18-9-2-7-17-8-10-18/h3-6,17H,2,7-10H2,1H3,(H2,16,19). The highest BCUT2D eigenvalue weighted by molar-refractivity contribution is 6.30. The highest BCUT2D eigenvalue weighted by atomic mass is 35.5. The predicted molar refractivity (Wildman–Crippen MR) is 77.1 cm³/mol. The van der Waals surface area contributed by atoms with Crippen molar-refractivity contribution in [2.45, 2.75) is 18.9 Å². The lowest BCUT2D eigenvalue weighted by atomic mass is 9.89. The van der Waals surface area contributed by atoms with Gasteiger partial charge in [0, 0.05) is 24.7 Å². The summed E-state index contributed by atoms with van der Waals surface area (Å²) < 4.78 is 0. The summed E-state index contributed by atoms with van der Waals surface area (Å²) >= 11 is 5.91. The molecule has 1 aliphatic heterocycles. The molecule has 0 aliphatic carbocycles. The van der Waals surface area contributed by atoms with Crippen molar-refractivity contribution in [1.82, 2.24) is 10.2 Å². The molecule has 1 fully saturated rings. The van der Waals surface area contributed by atoms with Crippen LogP contribution in [0.2, 0.25) is 5.02 Å². The molecule has 1 heterocycles. The molecule has 104 valence electrons. The van der Waals surface area contributed by atoms with Gasteiger partial charge < -0.3 is 11.1 Å². The van der Waals surface area contributed by atoms with Crippen molar-refractivity contribution in [2.24, 2.45) is 5.73 Å². The Morgan fingerprint density at radius 1 is 1.32 bits per heavy atom. The summed E-state index contributed by atoms with van der Waals surface area (Å²) in [6.45, 7) is 5.41. The number of benzene rings is 1. The second-order valence-electron chi connectivity index (χ2n) is 5.03. The third-order valence-electron chi connectivity index (χ3n) is 3.86. The number of nitrogens with zero attached hydrogens (tertiary/aromatic N) is 1. The maximum Gasteiger partial charge on any atom is 0.242 e. The fourth-order valence-electron chi connectivity index (χ4n) is 2.55. The van der Waals surface area contributed by atoms with Gasteiger partial charge in [-0.05, 0) is 37.6 Å². The minimum Gasteiger partial charge on any atom is -0.368 e. The molecule has 1 aromatic rings. The molecule has 5 heteroatoms. The Kier molecular flexibility index (Phi) is 4.45. The average Bonchev–Trinajstić information content (AvgIpc) is 2.67. The van der Waals surface area contributed by atoms with Gasteiger partial charge in [-0.2, -0.15) is 0 Å². The average molecular weight is 282 g/mol. The zero-order valence-electron chi connectivity index (χ0n) is 11.2. The maximum atomic E-state index is 12.0. The van der Waals surface area contributed by atoms with Gasteiger partial charge >= 0.3 is 0 Å². The molecule has 3 N–H and O–H groups in total. The molecule has 0 saturated carbocycles. The van der Waals surface area contributed by atoms with E-state index < -0.39 is 5.54 Å². The Morgan fingerprint density at radius 3 is 2.63 bits per heavy atom. The van der Waals surface area contributed by atoms with Crippen LogP contribution >= 0.6 is 11.6 Å². The van der Waals surface area contributed by atoms with Gasteiger partial charge in [0.05, 0.1) is 0 Å². The van der Waals surface area contributed by atoms with Crippen LogP contribution in [-0.2, 0) is 10.3 Å². The van der Waals surface area contributed by atoms with E-state index in [9.17, 15) is 4.79 Å². The van der Waals surface area contributed by atoms with E-state index in [-0.39, 0.29) is 5.91 Å². The van der Waals surface area contributed by atoms with Crippen molar-refractivity contribution in [3.05, 3.63) is 34.9 Å². The number of nitrogens with two attached hydrogens (primary N) is 1. The quantitative estimate of drug-likeness (QED) is 0.879. The second-order valence-corrected chi connectivity index (χ2v) is 5.47. The number of nitrogens with one attached hydrogen (secondary N) is 1. The Labute approximate surface area is 118 Å². The normalized spacial score (nSPS) is 20.5. The van der Waals surface area contributed by atoms with Gasteiger partial charge in [0.15, 0.2) is 0 Å². The first-order valence-electron chi connectivity index (χ1n) is 6.57. The van der Waals surface area contributed by atoms with Gasteiger partial charge in [-0.25, -0.2) is 0 Å². The van der Waals surface area contributed by atoms with Gasteiger partial charge in [0.1, 0.15) is 5.54 Å². The zero-order valence-corrected chi connectivity index (χ0v) is 11.9. The number of carbonyl (C=O) groups excluding carboxylic acids is 1. The lowest BCUT2D eigenvalue weighted by molar-refractivity contribution is -0.129. The Morgan fingerprint density at radius 2 is 2.00 bits per heavy atom. The van der Waals surface area contributed by atoms with Crippen molar-refractivity contribution >= 4 is 17.5 Å². The van der Waals surface area contributed by atoms with Gasteiger partial charge in [0.25, 0.3) is 0 Å². The molecule has 1 saturated heterocycles. The molecule has 1 atom stereocenters. The summed E-state index contributed by atoms with van der Waals surface area (Å²) in [4.78, 5) is 14.2. The van der Waals surface area contributed by atoms with Gasteiger partial charge in [-0.15, -0.1) is 0 Å². The number of halogens is 1. The highest BCUT2D eigenvalue weighted by Crippen LogP contribution is 2.29. The number of rotatable bonds is 3. The lowest BCUT2D eigenvalue weighted by Gasteiger charge is -2.38. The molecule has 2 rings (SSSR count). The highest BCUT2D eigenvalue weighted by Gasteiger charge is 2.39. The lowest BCUT2D eigenvalue weighted by Crippen LogP contribution is -2.54. The minimum atomic E-state index is -0.781. The van der Waals surface area contributed by atoms with E-state index in [1.165, 1.54) is 0 Å². The van der Waals surface area contributed by atoms with Crippen LogP contribution in [0.5, 0.6) is 0 Å². The summed E-state index contributed by atoms with van der Waals surface area (Å²) in [7, 11) is 0. The first kappa shape index (κ1) is 14.3. The first-order chi connectivity index (χ1) is 9.05. The third-order valence-corrected chi connectivity index (χ3v) is 4.11. The van der Waals surface area contributed by atoms with Crippen molar-refractivity contribution in [3.63, 3.8) is 0 Å². The third kappa shape index (κ3) is 2.91. The van der Waals surface area contributed by atoms with Gasteiger partial charge in [-0.1, -0.05) is 23.7 Å². The SMILES string of the molecule is CC(C(N)=O)(c1ccc(Cl)cc1)N1CCCNCC1. The number of hydrogen-bond donors (Lipinski definition) is 2. The van der Waals surface area contributed by atoms with E-state index in [1.807, 2.05) is 19.1 Å². The molecule has 0 spiro atoms. The predicted octanol–water partition coefficient (Wildman–Crippen LogP) is 1.34. The topological polar surface area (TPSA) is 58.4 Å². The number of carbonyl (C=O) groups is 1. The Balaban J connectivity index is 2.35. The van der Waals surface area contributed by atoms with E-state index >= 15 is 0 Å². The molecular weight excluding hydrogens is 262 g/mol. The molecular formula is C14H20ClN3O. The minimum absolute atomic E-state index is 0.322. The number of primary amides is 1. The number of hydrogen-bond acceptors (Lipinski definition) is 3. The Hall–Kier alpha value is -1.10. The molecule has 0 aromatic heterocycles. The van der Waals surface area contributed by atoms with Crippen molar-refractivity contribution in [2.75, 3.05) is 26.2 Å². The summed E-state index contributed by atoms with van der Waals surface area (Å²) in [5, 5.41) is 3.99. The molecule has 1 aromatic carbocycles. The van der Waals surface area contributed by atoms with Crippen LogP contribution in [0.1, 0.15) is 18.9 Å². The molecule has 0 bridgehead atoms. The van der Waals surface area contributed by atoms with E-state index in [4.69, 9.17) is 17.3 Å². The number of amides is 1. The molecule has 1 amide bonds. The van der Waals surface area contributed by atoms with Crippen LogP contribution in [-0.4, -0.2) is 37.0 Å². The second kappa shape index (κ2) is 5.90. The van der Waals surface area contributed by atoms with E-state index in [0.29, 0.717) is 5.02 Å². The van der Waals surface area contributed by atoms with Crippen LogP contribution in [0.3, 0.4) is 0 Å². The maximum absolute atomic E-state index is 12.0. The van der Waals surface area contributed by atoms with Crippen molar-refractivity contribution in [3.8, 4) is 0 Å². The van der Waals surface area contributed by atoms with Gasteiger partial charge in [0.2, 0.25) is 5.91 Å². The van der Waals surface area contributed by atoms with E-state index in [2.05, 4.69) is 10.2 Å². The first-order valence-corrected chi connectivity index (χ1v) is 6.94. The van der Waals surface area contributed by atoms with Crippen LogP contribution in [0.15, 0.2) is 24.3 Å². The van der Waals surface area contributed by atoms with Crippen LogP contribution in [0, 0.1) is 0 Å². The summed E-state index contributed by atoms with van der Waals surface area (Å²) in [5.41, 5.74) is 5.80. The monoisotopic (exact) mass is 281 g/mol. The van der Waals surface area contributed by atoms with E-state index in [0.717, 1.165) is 38.2 Å². The fourth-order valence-corrected chi connectivity index (χ4v) is 2.67. The van der Waals surface area contributed by atoms with Crippen LogP contribution in [0.25, 0.3) is 0 Å². The van der Waals surface area contributed by atoms with E-state index in [1.54, 1.807) is 12.1 Å². The van der Waals surface area contributed by atoms with Crippen LogP contribution in [0.4, 0.5) is 0 Å². The molecule has 19 heavy (non-hydrogen) atoms. The smallest absolute Gasteiger partial charge is 0.242 e. The van der Waals surface area contributed by atoms with Crippen molar-refractivity contribution in [1.29, 1.82) is 0 Å². The zero-order chi connectivity index (χ0) is 13.9. The van der Waals surface area contributed by atoms with Gasteiger partial charge in [-0.3, -0.25) is 9.69 Å². The molecule has 0 radical (unpaired) electrons. The van der Waals surface area contributed by atoms with Crippen molar-refractivity contribution < 1.29 is 4.79 Å². The largest absolute Gasteiger partial charge is 0.368 e. The summed E-state index contributed by atoms with van der Waals surface area (Å²) in [5.74, 6) is -0.322. The molecule has 1 aliphatic rings. The summed E-state index contributed by atoms with van der Waals surface area (Å²) in [6.07, 6.45) is 1.01. The van der Waals surface area contributed by atoms with Crippen LogP contribution < -0.4 is 11.1 Å². The fraction of sp³-hybridized carbons (Fsp3) is 0.500. The molecule has 4 nitrogen and oxygen atoms in total. The molecule has 1 unspecified atom stereocenters.